The monoisotopic (exact) mass is 447 g/mol. The summed E-state index contributed by atoms with van der Waals surface area (Å²) in [5, 5.41) is 3.55. The summed E-state index contributed by atoms with van der Waals surface area (Å²) in [6.45, 7) is 2.39. The molecule has 1 aliphatic rings. The van der Waals surface area contributed by atoms with Gasteiger partial charge in [-0.05, 0) is 49.9 Å². The van der Waals surface area contributed by atoms with E-state index >= 15 is 0 Å². The van der Waals surface area contributed by atoms with Gasteiger partial charge in [-0.1, -0.05) is 17.3 Å². The molecule has 9 heteroatoms. The molecule has 0 radical (unpaired) electrons. The van der Waals surface area contributed by atoms with Crippen molar-refractivity contribution < 1.29 is 27.2 Å². The number of piperidine rings is 1. The highest BCUT2D eigenvalue weighted by molar-refractivity contribution is 5.81. The molecule has 1 atom stereocenters. The maximum absolute atomic E-state index is 13.7. The number of fused-ring (bicyclic) bond motifs is 1. The first-order valence-electron chi connectivity index (χ1n) is 10.5. The second kappa shape index (κ2) is 8.80. The average molecular weight is 447 g/mol. The van der Waals surface area contributed by atoms with Crippen LogP contribution >= 0.6 is 0 Å². The van der Waals surface area contributed by atoms with Crippen molar-refractivity contribution in [1.29, 1.82) is 0 Å². The van der Waals surface area contributed by atoms with Crippen LogP contribution in [0, 0.1) is 6.92 Å². The molecule has 0 bridgehead atoms. The number of halogens is 3. The van der Waals surface area contributed by atoms with Crippen LogP contribution < -0.4 is 4.74 Å². The number of carbonyl (C=O) groups is 1. The molecule has 1 aromatic carbocycles. The van der Waals surface area contributed by atoms with Crippen molar-refractivity contribution in [3.8, 4) is 5.75 Å². The van der Waals surface area contributed by atoms with Crippen molar-refractivity contribution in [2.45, 2.75) is 44.7 Å². The molecule has 0 unspecified atom stereocenters. The Kier molecular flexibility index (Phi) is 6.08. The number of ether oxygens (including phenoxy) is 1. The third-order valence-corrected chi connectivity index (χ3v) is 5.92. The first kappa shape index (κ1) is 22.1. The molecule has 1 aliphatic heterocycles. The van der Waals surface area contributed by atoms with E-state index in [4.69, 9.17) is 9.26 Å². The third-order valence-electron chi connectivity index (χ3n) is 5.92. The van der Waals surface area contributed by atoms with Gasteiger partial charge in [0.05, 0.1) is 29.4 Å². The number of alkyl halides is 3. The molecule has 0 N–H and O–H groups in total. The number of methoxy groups -OCH3 is 1. The number of nitrogens with zero attached hydrogens (tertiary/aromatic N) is 3. The Morgan fingerprint density at radius 3 is 2.72 bits per heavy atom. The summed E-state index contributed by atoms with van der Waals surface area (Å²) >= 11 is 0. The van der Waals surface area contributed by atoms with Gasteiger partial charge in [0.25, 0.3) is 5.71 Å². The van der Waals surface area contributed by atoms with Crippen molar-refractivity contribution in [2.24, 2.45) is 0 Å². The summed E-state index contributed by atoms with van der Waals surface area (Å²) in [4.78, 5) is 18.8. The Morgan fingerprint density at radius 2 is 2.03 bits per heavy atom. The number of hydrogen-bond donors (Lipinski definition) is 0. The second-order valence-corrected chi connectivity index (χ2v) is 8.07. The van der Waals surface area contributed by atoms with Crippen LogP contribution in [0.25, 0.3) is 11.1 Å². The standard InChI is InChI=1S/C23H24F3N3O3/c1-14-21-18(23(24,25)26)12-19(27-22(21)32-28-14)16-4-3-11-29(13-16)20(30)10-7-15-5-8-17(31-2)9-6-15/h5-6,8-9,12,16H,3-4,7,10-11,13H2,1-2H3/t16-/m0/s1. The number of hydrogen-bond acceptors (Lipinski definition) is 5. The van der Waals surface area contributed by atoms with E-state index in [0.29, 0.717) is 38.8 Å². The highest BCUT2D eigenvalue weighted by Gasteiger charge is 2.37. The summed E-state index contributed by atoms with van der Waals surface area (Å²) in [5.41, 5.74) is 0.559. The zero-order valence-corrected chi connectivity index (χ0v) is 17.9. The molecule has 0 saturated carbocycles. The van der Waals surface area contributed by atoms with Crippen LogP contribution in [0.3, 0.4) is 0 Å². The number of pyridine rings is 1. The molecular weight excluding hydrogens is 423 g/mol. The number of carbonyl (C=O) groups excluding carboxylic acids is 1. The largest absolute Gasteiger partial charge is 0.497 e. The predicted octanol–water partition coefficient (Wildman–Crippen LogP) is 4.90. The minimum atomic E-state index is -4.55. The molecule has 4 rings (SSSR count). The molecule has 0 spiro atoms. The lowest BCUT2D eigenvalue weighted by molar-refractivity contribution is -0.136. The molecule has 6 nitrogen and oxygen atoms in total. The summed E-state index contributed by atoms with van der Waals surface area (Å²) < 4.78 is 51.2. The van der Waals surface area contributed by atoms with E-state index in [1.54, 1.807) is 12.0 Å². The number of aromatic nitrogens is 2. The average Bonchev–Trinajstić information content (AvgIpc) is 3.17. The molecule has 3 heterocycles. The fraction of sp³-hybridized carbons (Fsp3) is 0.435. The van der Waals surface area contributed by atoms with Crippen molar-refractivity contribution >= 4 is 17.0 Å². The van der Waals surface area contributed by atoms with E-state index < -0.39 is 11.7 Å². The maximum Gasteiger partial charge on any atom is 0.417 e. The Labute approximate surface area is 183 Å². The van der Waals surface area contributed by atoms with Crippen LogP contribution in [0.2, 0.25) is 0 Å². The van der Waals surface area contributed by atoms with Gasteiger partial charge in [0.2, 0.25) is 5.91 Å². The zero-order chi connectivity index (χ0) is 22.9. The normalized spacial score (nSPS) is 17.0. The molecule has 1 amide bonds. The fourth-order valence-corrected chi connectivity index (χ4v) is 4.19. The highest BCUT2D eigenvalue weighted by Crippen LogP contribution is 2.38. The van der Waals surface area contributed by atoms with Crippen LogP contribution in [0.1, 0.15) is 47.7 Å². The number of benzene rings is 1. The fourth-order valence-electron chi connectivity index (χ4n) is 4.19. The zero-order valence-electron chi connectivity index (χ0n) is 17.9. The predicted molar refractivity (Wildman–Crippen MR) is 111 cm³/mol. The Hall–Kier alpha value is -3.10. The van der Waals surface area contributed by atoms with Gasteiger partial charge in [-0.2, -0.15) is 13.2 Å². The number of rotatable bonds is 5. The van der Waals surface area contributed by atoms with E-state index in [1.165, 1.54) is 6.92 Å². The lowest BCUT2D eigenvalue weighted by Crippen LogP contribution is -2.39. The first-order chi connectivity index (χ1) is 15.3. The topological polar surface area (TPSA) is 68.5 Å². The molecule has 1 fully saturated rings. The minimum absolute atomic E-state index is 0.0156. The van der Waals surface area contributed by atoms with E-state index in [9.17, 15) is 18.0 Å². The number of amides is 1. The van der Waals surface area contributed by atoms with Crippen LogP contribution in [-0.2, 0) is 17.4 Å². The molecule has 170 valence electrons. The maximum atomic E-state index is 13.7. The molecule has 0 aliphatic carbocycles. The van der Waals surface area contributed by atoms with Crippen molar-refractivity contribution in [2.75, 3.05) is 20.2 Å². The smallest absolute Gasteiger partial charge is 0.417 e. The number of aryl methyl sites for hydroxylation is 2. The first-order valence-corrected chi connectivity index (χ1v) is 10.5. The molecule has 1 saturated heterocycles. The van der Waals surface area contributed by atoms with Gasteiger partial charge in [0.1, 0.15) is 5.75 Å². The summed E-state index contributed by atoms with van der Waals surface area (Å²) in [6.07, 6.45) is -2.26. The Bertz CT molecular complexity index is 1110. The van der Waals surface area contributed by atoms with Gasteiger partial charge in [-0.25, -0.2) is 4.98 Å². The van der Waals surface area contributed by atoms with E-state index in [0.717, 1.165) is 17.4 Å². The second-order valence-electron chi connectivity index (χ2n) is 8.07. The third kappa shape index (κ3) is 4.56. The van der Waals surface area contributed by atoms with E-state index in [-0.39, 0.29) is 34.3 Å². The molecule has 2 aromatic heterocycles. The van der Waals surface area contributed by atoms with Gasteiger partial charge in [-0.15, -0.1) is 0 Å². The SMILES string of the molecule is COc1ccc(CCC(=O)N2CCC[C@H](c3cc(C(F)(F)F)c4c(C)noc4n3)C2)cc1. The lowest BCUT2D eigenvalue weighted by atomic mass is 9.92. The van der Waals surface area contributed by atoms with Gasteiger partial charge in [0.15, 0.2) is 0 Å². The van der Waals surface area contributed by atoms with Crippen molar-refractivity contribution in [3.05, 3.63) is 52.8 Å². The van der Waals surface area contributed by atoms with Gasteiger partial charge < -0.3 is 14.2 Å². The van der Waals surface area contributed by atoms with Crippen LogP contribution in [0.5, 0.6) is 5.75 Å². The summed E-state index contributed by atoms with van der Waals surface area (Å²) in [7, 11) is 1.60. The quantitative estimate of drug-likeness (QED) is 0.557. The van der Waals surface area contributed by atoms with E-state index in [1.807, 2.05) is 24.3 Å². The minimum Gasteiger partial charge on any atom is -0.497 e. The summed E-state index contributed by atoms with van der Waals surface area (Å²) in [5.74, 6) is 0.450. The van der Waals surface area contributed by atoms with Gasteiger partial charge in [-0.3, -0.25) is 4.79 Å². The lowest BCUT2D eigenvalue weighted by Gasteiger charge is -2.32. The Balaban J connectivity index is 1.48. The molecule has 3 aromatic rings. The van der Waals surface area contributed by atoms with Crippen molar-refractivity contribution in [1.82, 2.24) is 15.0 Å². The molecular formula is C23H24F3N3O3. The highest BCUT2D eigenvalue weighted by atomic mass is 19.4. The van der Waals surface area contributed by atoms with Crippen molar-refractivity contribution in [3.63, 3.8) is 0 Å². The van der Waals surface area contributed by atoms with E-state index in [2.05, 4.69) is 10.1 Å². The van der Waals surface area contributed by atoms with Crippen LogP contribution in [0.4, 0.5) is 13.2 Å². The van der Waals surface area contributed by atoms with Gasteiger partial charge in [0, 0.05) is 25.4 Å². The molecule has 32 heavy (non-hydrogen) atoms. The Morgan fingerprint density at radius 1 is 1.28 bits per heavy atom. The van der Waals surface area contributed by atoms with Gasteiger partial charge >= 0.3 is 6.18 Å². The number of likely N-dealkylation sites (tertiary alicyclic amines) is 1. The summed E-state index contributed by atoms with van der Waals surface area (Å²) in [6, 6.07) is 8.62. The van der Waals surface area contributed by atoms with Crippen LogP contribution in [0.15, 0.2) is 34.9 Å². The van der Waals surface area contributed by atoms with Crippen LogP contribution in [-0.4, -0.2) is 41.1 Å².